The van der Waals surface area contributed by atoms with E-state index < -0.39 is 177 Å². The summed E-state index contributed by atoms with van der Waals surface area (Å²) in [7, 11) is 3.69. The minimum atomic E-state index is -4.76. The molecule has 7 rings (SSSR count). The highest BCUT2D eigenvalue weighted by molar-refractivity contribution is 7.91. The molecule has 5 heterocycles. The van der Waals surface area contributed by atoms with Crippen LogP contribution < -0.4 is 16.0 Å². The van der Waals surface area contributed by atoms with Crippen LogP contribution in [0.15, 0.2) is 18.2 Å². The average Bonchev–Trinajstić information content (AvgIpc) is 1.70. The third kappa shape index (κ3) is 19.5. The zero-order valence-corrected chi connectivity index (χ0v) is 61.3. The molecule has 5 aliphatic heterocycles. The lowest BCUT2D eigenvalue weighted by Crippen LogP contribution is -2.62. The number of carbonyl (C=O) groups excluding carboxylic acids is 11. The van der Waals surface area contributed by atoms with Crippen molar-refractivity contribution in [2.45, 2.75) is 224 Å². The standard InChI is InChI=1S/C69H106ClF3N12O13S/c1-13-43(6)58-68(96)78(9)44(7)62(90)83-29-17-22-50(83)65(93)80(11)54(38-45-20-15-14-16-21-45)64(92)77(8)40-56(86)74-49(28-26-46-25-27-47(48(70)37-46)69(71,72)73)63(91)84-30-19-24-52(84)67(95)85-31-18-23-51(85)66(94)81(12)59(42(4)5)61(89)75-55(82-32-34-99(97,98)35-33-82)39-57(87)79(10)53(36-41(2)3)60(88)76-58/h25,27,37,41-45,49-55,58-59H,13-24,26,28-36,38-40H2,1-12H3,(H,74,86)(H,75,89)(H,76,88)/t43-,44-,49-,50-,51-,52-,53-,54-,55-,58-,59-/m0/s1. The summed E-state index contributed by atoms with van der Waals surface area (Å²) in [5.74, 6) is -8.79. The maximum atomic E-state index is 15.2. The predicted molar refractivity (Wildman–Crippen MR) is 364 cm³/mol. The van der Waals surface area contributed by atoms with Gasteiger partial charge in [0, 0.05) is 68.0 Å². The third-order valence-electron chi connectivity index (χ3n) is 21.4. The van der Waals surface area contributed by atoms with Gasteiger partial charge in [-0.1, -0.05) is 97.7 Å². The number of nitrogens with zero attached hydrogens (tertiary/aromatic N) is 9. The molecule has 11 atom stereocenters. The number of alkyl halides is 3. The number of benzene rings is 1. The van der Waals surface area contributed by atoms with Crippen LogP contribution in [0, 0.1) is 23.7 Å². The lowest BCUT2D eigenvalue weighted by molar-refractivity contribution is -0.153. The van der Waals surface area contributed by atoms with E-state index in [9.17, 15) is 50.4 Å². The molecule has 1 aromatic carbocycles. The van der Waals surface area contributed by atoms with Crippen molar-refractivity contribution in [1.82, 2.24) is 60.0 Å². The molecular weight excluding hydrogens is 1330 g/mol. The summed E-state index contributed by atoms with van der Waals surface area (Å²) < 4.78 is 67.2. The van der Waals surface area contributed by atoms with Crippen LogP contribution in [0.5, 0.6) is 0 Å². The SMILES string of the molecule is CC[C@H](C)[C@@H]1NC(=O)[C@H](CC(C)C)N(C)C(=O)C[C@H](N2CCS(=O)(=O)CC2)NC(=O)[C@H](C(C)C)N(C)C(=O)[C@@H]2CCCN2C(=O)[C@@H]2CCCN2C(=O)[C@H](CCc2ccc(C(F)(F)F)c(Cl)c2)NC(=O)CN(C)C(=O)[C@H](CC2CCCCC2)N(C)C(=O)[C@@H]2CCCN2C(=O)[C@H](C)N(C)C1=O. The Balaban J connectivity index is 1.27. The second kappa shape index (κ2) is 34.4. The Bertz CT molecular complexity index is 3230. The molecule has 554 valence electrons. The Morgan fingerprint density at radius 3 is 1.71 bits per heavy atom. The fourth-order valence-electron chi connectivity index (χ4n) is 15.1. The van der Waals surface area contributed by atoms with Crippen LogP contribution in [0.1, 0.15) is 162 Å². The van der Waals surface area contributed by atoms with E-state index in [2.05, 4.69) is 16.0 Å². The van der Waals surface area contributed by atoms with E-state index in [-0.39, 0.29) is 101 Å². The van der Waals surface area contributed by atoms with E-state index in [1.54, 1.807) is 25.7 Å². The van der Waals surface area contributed by atoms with Gasteiger partial charge in [0.2, 0.25) is 65.0 Å². The van der Waals surface area contributed by atoms with E-state index in [0.29, 0.717) is 31.2 Å². The molecule has 1 saturated carbocycles. The van der Waals surface area contributed by atoms with Gasteiger partial charge in [0.25, 0.3) is 0 Å². The van der Waals surface area contributed by atoms with Gasteiger partial charge in [-0.25, -0.2) is 8.42 Å². The molecule has 3 N–H and O–H groups in total. The molecule has 0 aromatic heterocycles. The minimum Gasteiger partial charge on any atom is -0.343 e. The summed E-state index contributed by atoms with van der Waals surface area (Å²) in [5, 5.41) is 8.08. The van der Waals surface area contributed by atoms with E-state index in [0.717, 1.165) is 49.1 Å². The summed E-state index contributed by atoms with van der Waals surface area (Å²) in [6, 6.07) is -7.49. The topological polar surface area (TPSA) is 287 Å². The fourth-order valence-corrected chi connectivity index (χ4v) is 16.6. The second-order valence-corrected chi connectivity index (χ2v) is 31.9. The van der Waals surface area contributed by atoms with Crippen molar-refractivity contribution in [1.29, 1.82) is 0 Å². The normalized spacial score (nSPS) is 28.9. The Morgan fingerprint density at radius 2 is 1.16 bits per heavy atom. The number of nitrogens with one attached hydrogen (secondary N) is 3. The van der Waals surface area contributed by atoms with Crippen LogP contribution in [0.2, 0.25) is 5.02 Å². The molecule has 11 amide bonds. The Labute approximate surface area is 586 Å². The van der Waals surface area contributed by atoms with Crippen LogP contribution in [-0.4, -0.2) is 264 Å². The van der Waals surface area contributed by atoms with Crippen LogP contribution in [0.3, 0.4) is 0 Å². The zero-order valence-electron chi connectivity index (χ0n) is 59.7. The minimum absolute atomic E-state index is 0.0179. The van der Waals surface area contributed by atoms with E-state index in [1.165, 1.54) is 82.5 Å². The maximum absolute atomic E-state index is 15.2. The van der Waals surface area contributed by atoms with Gasteiger partial charge in [0.05, 0.1) is 41.2 Å². The number of amides is 11. The van der Waals surface area contributed by atoms with Gasteiger partial charge in [-0.05, 0) is 112 Å². The van der Waals surface area contributed by atoms with Crippen LogP contribution in [-0.2, 0) is 75.2 Å². The van der Waals surface area contributed by atoms with Crippen molar-refractivity contribution in [3.63, 3.8) is 0 Å². The van der Waals surface area contributed by atoms with Crippen molar-refractivity contribution in [2.75, 3.05) is 86.0 Å². The largest absolute Gasteiger partial charge is 0.417 e. The number of halogens is 4. The van der Waals surface area contributed by atoms with Gasteiger partial charge in [-0.2, -0.15) is 13.2 Å². The number of likely N-dealkylation sites (N-methyl/N-ethyl adjacent to an activating group) is 5. The molecular formula is C69H106ClF3N12O13S. The highest BCUT2D eigenvalue weighted by atomic mass is 35.5. The number of sulfone groups is 1. The van der Waals surface area contributed by atoms with Gasteiger partial charge in [0.15, 0.2) is 9.84 Å². The number of rotatable bonds is 11. The first-order valence-electron chi connectivity index (χ1n) is 35.4. The van der Waals surface area contributed by atoms with Gasteiger partial charge in [-0.15, -0.1) is 0 Å². The van der Waals surface area contributed by atoms with Crippen LogP contribution >= 0.6 is 11.6 Å². The smallest absolute Gasteiger partial charge is 0.343 e. The van der Waals surface area contributed by atoms with Crippen molar-refractivity contribution in [2.24, 2.45) is 23.7 Å². The average molecular weight is 1440 g/mol. The Hall–Kier alpha value is -6.62. The summed E-state index contributed by atoms with van der Waals surface area (Å²) in [4.78, 5) is 176. The number of hydrogen-bond donors (Lipinski definition) is 3. The monoisotopic (exact) mass is 1430 g/mol. The number of hydrogen-bond acceptors (Lipinski definition) is 14. The summed E-state index contributed by atoms with van der Waals surface area (Å²) in [6.07, 6.45) is 0.139. The first kappa shape index (κ1) is 79.7. The van der Waals surface area contributed by atoms with Gasteiger partial charge < -0.3 is 55.1 Å². The fraction of sp³-hybridized carbons (Fsp3) is 0.754. The van der Waals surface area contributed by atoms with Crippen LogP contribution in [0.4, 0.5) is 13.2 Å². The molecule has 0 spiro atoms. The number of fused-ring (bicyclic) bond motifs is 3. The zero-order chi connectivity index (χ0) is 73.3. The first-order valence-corrected chi connectivity index (χ1v) is 37.6. The Kier molecular flexibility index (Phi) is 27.7. The molecule has 1 aliphatic carbocycles. The molecule has 0 radical (unpaired) electrons. The highest BCUT2D eigenvalue weighted by Gasteiger charge is 2.48. The number of carbonyl (C=O) groups is 11. The Morgan fingerprint density at radius 1 is 0.606 bits per heavy atom. The van der Waals surface area contributed by atoms with E-state index in [1.807, 2.05) is 20.8 Å². The number of aryl methyl sites for hydroxylation is 1. The summed E-state index contributed by atoms with van der Waals surface area (Å²) >= 11 is 6.15. The third-order valence-corrected chi connectivity index (χ3v) is 23.3. The van der Waals surface area contributed by atoms with Crippen molar-refractivity contribution in [3.05, 3.63) is 34.3 Å². The summed E-state index contributed by atoms with van der Waals surface area (Å²) in [6.45, 7) is 11.8. The van der Waals surface area contributed by atoms with E-state index in [4.69, 9.17) is 11.6 Å². The summed E-state index contributed by atoms with van der Waals surface area (Å²) in [5.41, 5.74) is -0.775. The lowest BCUT2D eigenvalue weighted by atomic mass is 9.84. The molecule has 6 aliphatic rings. The van der Waals surface area contributed by atoms with Gasteiger partial charge in [0.1, 0.15) is 54.4 Å². The second-order valence-electron chi connectivity index (χ2n) is 29.1. The lowest BCUT2D eigenvalue weighted by Gasteiger charge is -2.39. The highest BCUT2D eigenvalue weighted by Crippen LogP contribution is 2.36. The molecule has 6 fully saturated rings. The van der Waals surface area contributed by atoms with Crippen molar-refractivity contribution >= 4 is 86.4 Å². The molecule has 5 saturated heterocycles. The molecule has 25 nitrogen and oxygen atoms in total. The maximum Gasteiger partial charge on any atom is 0.417 e. The van der Waals surface area contributed by atoms with Crippen molar-refractivity contribution < 1.29 is 74.3 Å². The van der Waals surface area contributed by atoms with E-state index >= 15 is 24.0 Å². The van der Waals surface area contributed by atoms with Gasteiger partial charge in [-0.3, -0.25) is 57.6 Å². The predicted octanol–water partition coefficient (Wildman–Crippen LogP) is 4.32. The van der Waals surface area contributed by atoms with Crippen LogP contribution in [0.25, 0.3) is 0 Å². The van der Waals surface area contributed by atoms with Crippen molar-refractivity contribution in [3.8, 4) is 0 Å². The van der Waals surface area contributed by atoms with Gasteiger partial charge >= 0.3 is 6.18 Å². The molecule has 30 heteroatoms. The molecule has 99 heavy (non-hydrogen) atoms. The first-order chi connectivity index (χ1) is 46.5. The quantitative estimate of drug-likeness (QED) is 0.278. The molecule has 1 aromatic rings. The molecule has 0 bridgehead atoms. The molecule has 0 unspecified atom stereocenters.